The molecule has 0 aliphatic heterocycles. The number of hydrogen-bond acceptors (Lipinski definition) is 4. The summed E-state index contributed by atoms with van der Waals surface area (Å²) >= 11 is 1.53. The highest BCUT2D eigenvalue weighted by atomic mass is 32.2. The fourth-order valence-electron chi connectivity index (χ4n) is 2.37. The highest BCUT2D eigenvalue weighted by Crippen LogP contribution is 2.22. The summed E-state index contributed by atoms with van der Waals surface area (Å²) < 4.78 is 5.73. The molecule has 0 fully saturated rings. The number of thioether (sulfide) groups is 1. The van der Waals surface area contributed by atoms with Crippen molar-refractivity contribution in [2.45, 2.75) is 5.75 Å². The van der Waals surface area contributed by atoms with Gasteiger partial charge >= 0.3 is 0 Å². The minimum absolute atomic E-state index is 0.0506. The summed E-state index contributed by atoms with van der Waals surface area (Å²) in [6.07, 6.45) is 0. The summed E-state index contributed by atoms with van der Waals surface area (Å²) in [5, 5.41) is 11.7. The third-order valence-electron chi connectivity index (χ3n) is 3.70. The molecule has 5 heteroatoms. The van der Waals surface area contributed by atoms with Gasteiger partial charge in [0.25, 0.3) is 0 Å². The lowest BCUT2D eigenvalue weighted by atomic mass is 10.2. The van der Waals surface area contributed by atoms with Gasteiger partial charge in [-0.15, -0.1) is 11.8 Å². The quantitative estimate of drug-likeness (QED) is 0.616. The number of benzene rings is 3. The minimum Gasteiger partial charge on any atom is -0.457 e. The van der Waals surface area contributed by atoms with Gasteiger partial charge < -0.3 is 10.1 Å². The van der Waals surface area contributed by atoms with Crippen LogP contribution < -0.4 is 10.1 Å². The van der Waals surface area contributed by atoms with Gasteiger partial charge in [0.15, 0.2) is 0 Å². The van der Waals surface area contributed by atoms with Crippen molar-refractivity contribution in [1.29, 1.82) is 5.26 Å². The second kappa shape index (κ2) is 9.46. The number of amides is 1. The lowest BCUT2D eigenvalue weighted by Gasteiger charge is -2.08. The van der Waals surface area contributed by atoms with E-state index in [1.807, 2.05) is 66.7 Å². The first-order valence-electron chi connectivity index (χ1n) is 8.42. The predicted molar refractivity (Wildman–Crippen MR) is 109 cm³/mol. The number of nitriles is 1. The second-order valence-corrected chi connectivity index (χ2v) is 6.77. The summed E-state index contributed by atoms with van der Waals surface area (Å²) in [6, 6.07) is 26.3. The van der Waals surface area contributed by atoms with Crippen LogP contribution in [-0.2, 0) is 10.5 Å². The second-order valence-electron chi connectivity index (χ2n) is 5.79. The summed E-state index contributed by atoms with van der Waals surface area (Å²) in [5.74, 6) is 2.53. The van der Waals surface area contributed by atoms with Gasteiger partial charge in [0, 0.05) is 11.4 Å². The molecule has 0 aliphatic carbocycles. The van der Waals surface area contributed by atoms with Gasteiger partial charge in [-0.2, -0.15) is 5.26 Å². The van der Waals surface area contributed by atoms with Gasteiger partial charge in [-0.1, -0.05) is 30.3 Å². The van der Waals surface area contributed by atoms with E-state index in [9.17, 15) is 4.79 Å². The number of carbonyl (C=O) groups is 1. The van der Waals surface area contributed by atoms with Crippen LogP contribution in [-0.4, -0.2) is 11.7 Å². The van der Waals surface area contributed by atoms with Crippen molar-refractivity contribution in [2.24, 2.45) is 0 Å². The molecule has 27 heavy (non-hydrogen) atoms. The van der Waals surface area contributed by atoms with Crippen LogP contribution in [0.25, 0.3) is 0 Å². The van der Waals surface area contributed by atoms with E-state index in [1.165, 1.54) is 11.8 Å². The lowest BCUT2D eigenvalue weighted by Crippen LogP contribution is -2.14. The third-order valence-corrected chi connectivity index (χ3v) is 4.71. The van der Waals surface area contributed by atoms with Crippen LogP contribution in [0.1, 0.15) is 11.1 Å². The van der Waals surface area contributed by atoms with Crippen molar-refractivity contribution in [3.8, 4) is 17.6 Å². The van der Waals surface area contributed by atoms with E-state index in [0.29, 0.717) is 11.3 Å². The molecule has 3 rings (SSSR count). The number of anilines is 1. The lowest BCUT2D eigenvalue weighted by molar-refractivity contribution is -0.113. The van der Waals surface area contributed by atoms with Crippen molar-refractivity contribution in [1.82, 2.24) is 0 Å². The third kappa shape index (κ3) is 5.91. The van der Waals surface area contributed by atoms with E-state index in [-0.39, 0.29) is 5.91 Å². The molecule has 0 unspecified atom stereocenters. The zero-order chi connectivity index (χ0) is 18.9. The maximum Gasteiger partial charge on any atom is 0.234 e. The van der Waals surface area contributed by atoms with Crippen molar-refractivity contribution < 1.29 is 9.53 Å². The summed E-state index contributed by atoms with van der Waals surface area (Å²) in [5.41, 5.74) is 2.47. The molecule has 0 atom stereocenters. The Hall–Kier alpha value is -3.23. The molecule has 0 saturated heterocycles. The standard InChI is InChI=1S/C22H18N2O2S/c23-14-17-6-8-18(9-7-17)15-27-16-22(25)24-19-10-12-21(13-11-19)26-20-4-2-1-3-5-20/h1-13H,15-16H2,(H,24,25). The molecular formula is C22H18N2O2S. The van der Waals surface area contributed by atoms with Gasteiger partial charge in [0.1, 0.15) is 11.5 Å². The van der Waals surface area contributed by atoms with Crippen LogP contribution in [0.2, 0.25) is 0 Å². The fourth-order valence-corrected chi connectivity index (χ4v) is 3.15. The van der Waals surface area contributed by atoms with Crippen molar-refractivity contribution >= 4 is 23.4 Å². The van der Waals surface area contributed by atoms with Crippen molar-refractivity contribution in [3.05, 3.63) is 90.0 Å². The molecule has 0 heterocycles. The van der Waals surface area contributed by atoms with E-state index >= 15 is 0 Å². The topological polar surface area (TPSA) is 62.1 Å². The summed E-state index contributed by atoms with van der Waals surface area (Å²) in [6.45, 7) is 0. The first kappa shape index (κ1) is 18.6. The Morgan fingerprint density at radius 2 is 1.59 bits per heavy atom. The van der Waals surface area contributed by atoms with Crippen LogP contribution in [0.3, 0.4) is 0 Å². The summed E-state index contributed by atoms with van der Waals surface area (Å²) in [4.78, 5) is 12.1. The Balaban J connectivity index is 1.44. The highest BCUT2D eigenvalue weighted by Gasteiger charge is 2.04. The summed E-state index contributed by atoms with van der Waals surface area (Å²) in [7, 11) is 0. The molecule has 1 amide bonds. The van der Waals surface area contributed by atoms with Gasteiger partial charge in [0.2, 0.25) is 5.91 Å². The maximum atomic E-state index is 12.1. The number of hydrogen-bond donors (Lipinski definition) is 1. The largest absolute Gasteiger partial charge is 0.457 e. The zero-order valence-electron chi connectivity index (χ0n) is 14.6. The van der Waals surface area contributed by atoms with Gasteiger partial charge in [-0.05, 0) is 54.1 Å². The van der Waals surface area contributed by atoms with Gasteiger partial charge in [0.05, 0.1) is 17.4 Å². The van der Waals surface area contributed by atoms with Gasteiger partial charge in [-0.3, -0.25) is 4.79 Å². The normalized spacial score (nSPS) is 10.0. The van der Waals surface area contributed by atoms with E-state index in [1.54, 1.807) is 12.1 Å². The molecule has 0 aromatic heterocycles. The smallest absolute Gasteiger partial charge is 0.234 e. The molecule has 0 radical (unpaired) electrons. The van der Waals surface area contributed by atoms with Crippen LogP contribution in [0.5, 0.6) is 11.5 Å². The molecular weight excluding hydrogens is 356 g/mol. The Morgan fingerprint density at radius 3 is 2.26 bits per heavy atom. The SMILES string of the molecule is N#Cc1ccc(CSCC(=O)Nc2ccc(Oc3ccccc3)cc2)cc1. The van der Waals surface area contributed by atoms with E-state index < -0.39 is 0 Å². The zero-order valence-corrected chi connectivity index (χ0v) is 15.4. The monoisotopic (exact) mass is 374 g/mol. The van der Waals surface area contributed by atoms with E-state index in [2.05, 4.69) is 11.4 Å². The number of nitrogens with one attached hydrogen (secondary N) is 1. The molecule has 3 aromatic rings. The minimum atomic E-state index is -0.0506. The van der Waals surface area contributed by atoms with E-state index in [4.69, 9.17) is 10.00 Å². The molecule has 1 N–H and O–H groups in total. The Morgan fingerprint density at radius 1 is 0.926 bits per heavy atom. The van der Waals surface area contributed by atoms with E-state index in [0.717, 1.165) is 28.5 Å². The highest BCUT2D eigenvalue weighted by molar-refractivity contribution is 7.99. The molecule has 0 bridgehead atoms. The maximum absolute atomic E-state index is 12.1. The van der Waals surface area contributed by atoms with Crippen molar-refractivity contribution in [3.63, 3.8) is 0 Å². The molecule has 0 spiro atoms. The number of para-hydroxylation sites is 1. The number of ether oxygens (including phenoxy) is 1. The Labute approximate surface area is 162 Å². The average Bonchev–Trinajstić information content (AvgIpc) is 2.71. The van der Waals surface area contributed by atoms with Gasteiger partial charge in [-0.25, -0.2) is 0 Å². The molecule has 0 aliphatic rings. The fraction of sp³-hybridized carbons (Fsp3) is 0.0909. The molecule has 4 nitrogen and oxygen atoms in total. The predicted octanol–water partition coefficient (Wildman–Crippen LogP) is 5.22. The first-order chi connectivity index (χ1) is 13.2. The van der Waals surface area contributed by atoms with Crippen LogP contribution >= 0.6 is 11.8 Å². The first-order valence-corrected chi connectivity index (χ1v) is 9.58. The number of rotatable bonds is 7. The van der Waals surface area contributed by atoms with Crippen LogP contribution in [0, 0.1) is 11.3 Å². The molecule has 3 aromatic carbocycles. The molecule has 0 saturated carbocycles. The van der Waals surface area contributed by atoms with Crippen molar-refractivity contribution in [2.75, 3.05) is 11.1 Å². The average molecular weight is 374 g/mol. The Bertz CT molecular complexity index is 917. The number of carbonyl (C=O) groups excluding carboxylic acids is 1. The number of nitrogens with zero attached hydrogens (tertiary/aromatic N) is 1. The molecule has 134 valence electrons. The van der Waals surface area contributed by atoms with Crippen LogP contribution in [0.4, 0.5) is 5.69 Å². The Kier molecular flexibility index (Phi) is 6.50. The van der Waals surface area contributed by atoms with Crippen LogP contribution in [0.15, 0.2) is 78.9 Å².